The Morgan fingerprint density at radius 3 is 2.17 bits per heavy atom. The molecular formula is C10H21NO. The zero-order chi connectivity index (χ0) is 9.35. The molecule has 1 aliphatic heterocycles. The van der Waals surface area contributed by atoms with E-state index in [1.54, 1.807) is 0 Å². The summed E-state index contributed by atoms with van der Waals surface area (Å²) in [6, 6.07) is 0.565. The van der Waals surface area contributed by atoms with Crippen LogP contribution in [0.5, 0.6) is 0 Å². The van der Waals surface area contributed by atoms with E-state index in [1.807, 2.05) is 7.11 Å². The van der Waals surface area contributed by atoms with Gasteiger partial charge in [0.25, 0.3) is 0 Å². The van der Waals surface area contributed by atoms with E-state index in [0.717, 1.165) is 0 Å². The Kier molecular flexibility index (Phi) is 2.79. The van der Waals surface area contributed by atoms with Gasteiger partial charge in [-0.05, 0) is 34.1 Å². The molecule has 0 amide bonds. The number of hydrogen-bond acceptors (Lipinski definition) is 2. The topological polar surface area (TPSA) is 12.5 Å². The lowest BCUT2D eigenvalue weighted by Crippen LogP contribution is -2.45. The maximum absolute atomic E-state index is 5.41. The fraction of sp³-hybridized carbons (Fsp3) is 1.00. The van der Waals surface area contributed by atoms with Crippen LogP contribution in [0.15, 0.2) is 0 Å². The van der Waals surface area contributed by atoms with Gasteiger partial charge in [-0.2, -0.15) is 0 Å². The van der Waals surface area contributed by atoms with Crippen molar-refractivity contribution in [1.82, 2.24) is 4.90 Å². The maximum atomic E-state index is 5.41. The van der Waals surface area contributed by atoms with Crippen LogP contribution < -0.4 is 0 Å². The fourth-order valence-corrected chi connectivity index (χ4v) is 2.17. The molecule has 12 heavy (non-hydrogen) atoms. The summed E-state index contributed by atoms with van der Waals surface area (Å²) in [6.07, 6.45) is 1.61. The van der Waals surface area contributed by atoms with E-state index in [2.05, 4.69) is 32.6 Å². The highest BCUT2D eigenvalue weighted by molar-refractivity contribution is 4.91. The van der Waals surface area contributed by atoms with Gasteiger partial charge in [-0.1, -0.05) is 0 Å². The van der Waals surface area contributed by atoms with E-state index in [1.165, 1.54) is 13.0 Å². The van der Waals surface area contributed by atoms with E-state index >= 15 is 0 Å². The van der Waals surface area contributed by atoms with Crippen LogP contribution >= 0.6 is 0 Å². The molecule has 0 radical (unpaired) electrons. The zero-order valence-corrected chi connectivity index (χ0v) is 8.92. The van der Waals surface area contributed by atoms with Crippen molar-refractivity contribution in [3.63, 3.8) is 0 Å². The van der Waals surface area contributed by atoms with Gasteiger partial charge in [-0.25, -0.2) is 0 Å². The Morgan fingerprint density at radius 1 is 1.33 bits per heavy atom. The number of likely N-dealkylation sites (tertiary alicyclic amines) is 1. The van der Waals surface area contributed by atoms with E-state index in [-0.39, 0.29) is 5.54 Å². The highest BCUT2D eigenvalue weighted by atomic mass is 16.5. The molecule has 72 valence electrons. The van der Waals surface area contributed by atoms with Gasteiger partial charge in [0.05, 0.1) is 6.10 Å². The summed E-state index contributed by atoms with van der Waals surface area (Å²) in [6.45, 7) is 10.2. The standard InChI is InChI=1S/C10H21NO/c1-8-9(12-5)6-7-11(8)10(2,3)4/h8-9H,6-7H2,1-5H3/t8-,9+/m1/s1. The van der Waals surface area contributed by atoms with E-state index in [9.17, 15) is 0 Å². The molecule has 0 aromatic rings. The predicted octanol–water partition coefficient (Wildman–Crippen LogP) is 1.89. The lowest BCUT2D eigenvalue weighted by Gasteiger charge is -2.36. The molecule has 2 heteroatoms. The monoisotopic (exact) mass is 171 g/mol. The number of ether oxygens (including phenoxy) is 1. The maximum Gasteiger partial charge on any atom is 0.0736 e. The average Bonchev–Trinajstić information content (AvgIpc) is 2.29. The van der Waals surface area contributed by atoms with Crippen molar-refractivity contribution >= 4 is 0 Å². The Labute approximate surface area is 75.9 Å². The number of rotatable bonds is 1. The normalized spacial score (nSPS) is 32.8. The van der Waals surface area contributed by atoms with Crippen molar-refractivity contribution < 1.29 is 4.74 Å². The first-order valence-corrected chi connectivity index (χ1v) is 4.76. The molecule has 0 aromatic heterocycles. The Hall–Kier alpha value is -0.0800. The third-order valence-electron chi connectivity index (χ3n) is 2.85. The largest absolute Gasteiger partial charge is 0.380 e. The molecule has 0 saturated carbocycles. The summed E-state index contributed by atoms with van der Waals surface area (Å²) in [5.41, 5.74) is 0.284. The Balaban J connectivity index is 2.61. The molecule has 1 saturated heterocycles. The highest BCUT2D eigenvalue weighted by Crippen LogP contribution is 2.27. The molecule has 0 aliphatic carbocycles. The summed E-state index contributed by atoms with van der Waals surface area (Å²) < 4.78 is 5.41. The first-order chi connectivity index (χ1) is 5.46. The number of methoxy groups -OCH3 is 1. The molecule has 0 bridgehead atoms. The molecular weight excluding hydrogens is 150 g/mol. The number of hydrogen-bond donors (Lipinski definition) is 0. The highest BCUT2D eigenvalue weighted by Gasteiger charge is 2.36. The van der Waals surface area contributed by atoms with Gasteiger partial charge in [0.2, 0.25) is 0 Å². The second kappa shape index (κ2) is 3.35. The lowest BCUT2D eigenvalue weighted by molar-refractivity contribution is 0.0444. The Morgan fingerprint density at radius 2 is 1.92 bits per heavy atom. The quantitative estimate of drug-likeness (QED) is 0.597. The van der Waals surface area contributed by atoms with Crippen LogP contribution in [0.3, 0.4) is 0 Å². The SMILES string of the molecule is CO[C@H]1CCN(C(C)(C)C)[C@@H]1C. The van der Waals surface area contributed by atoms with Crippen molar-refractivity contribution in [3.05, 3.63) is 0 Å². The second-order valence-corrected chi connectivity index (χ2v) is 4.67. The molecule has 0 unspecified atom stereocenters. The molecule has 1 heterocycles. The van der Waals surface area contributed by atoms with Crippen molar-refractivity contribution in [2.75, 3.05) is 13.7 Å². The van der Waals surface area contributed by atoms with Crippen LogP contribution in [0.25, 0.3) is 0 Å². The van der Waals surface area contributed by atoms with Gasteiger partial charge in [0.15, 0.2) is 0 Å². The fourth-order valence-electron chi connectivity index (χ4n) is 2.17. The minimum absolute atomic E-state index is 0.284. The summed E-state index contributed by atoms with van der Waals surface area (Å²) in [5.74, 6) is 0. The first-order valence-electron chi connectivity index (χ1n) is 4.76. The molecule has 2 atom stereocenters. The predicted molar refractivity (Wildman–Crippen MR) is 51.3 cm³/mol. The summed E-state index contributed by atoms with van der Waals surface area (Å²) in [5, 5.41) is 0. The van der Waals surface area contributed by atoms with Gasteiger partial charge in [-0.3, -0.25) is 4.90 Å². The molecule has 0 aromatic carbocycles. The van der Waals surface area contributed by atoms with Gasteiger partial charge in [0.1, 0.15) is 0 Å². The average molecular weight is 171 g/mol. The van der Waals surface area contributed by atoms with Crippen LogP contribution in [-0.2, 0) is 4.74 Å². The van der Waals surface area contributed by atoms with Crippen LogP contribution in [0, 0.1) is 0 Å². The first kappa shape index (κ1) is 10.0. The van der Waals surface area contributed by atoms with Crippen LogP contribution in [0.2, 0.25) is 0 Å². The van der Waals surface area contributed by atoms with E-state index in [0.29, 0.717) is 12.1 Å². The van der Waals surface area contributed by atoms with E-state index in [4.69, 9.17) is 4.74 Å². The van der Waals surface area contributed by atoms with Gasteiger partial charge >= 0.3 is 0 Å². The molecule has 1 rings (SSSR count). The smallest absolute Gasteiger partial charge is 0.0736 e. The van der Waals surface area contributed by atoms with Crippen molar-refractivity contribution in [3.8, 4) is 0 Å². The van der Waals surface area contributed by atoms with Gasteiger partial charge < -0.3 is 4.74 Å². The van der Waals surface area contributed by atoms with Crippen LogP contribution in [0.1, 0.15) is 34.1 Å². The van der Waals surface area contributed by atoms with Crippen molar-refractivity contribution in [2.45, 2.75) is 51.8 Å². The minimum atomic E-state index is 0.284. The van der Waals surface area contributed by atoms with Crippen molar-refractivity contribution in [1.29, 1.82) is 0 Å². The molecule has 1 aliphatic rings. The molecule has 1 fully saturated rings. The lowest BCUT2D eigenvalue weighted by atomic mass is 10.0. The summed E-state index contributed by atoms with van der Waals surface area (Å²) >= 11 is 0. The second-order valence-electron chi connectivity index (χ2n) is 4.67. The molecule has 2 nitrogen and oxygen atoms in total. The third kappa shape index (κ3) is 1.80. The number of nitrogens with zero attached hydrogens (tertiary/aromatic N) is 1. The van der Waals surface area contributed by atoms with Gasteiger partial charge in [0, 0.05) is 25.2 Å². The zero-order valence-electron chi connectivity index (χ0n) is 8.92. The summed E-state index contributed by atoms with van der Waals surface area (Å²) in [7, 11) is 1.81. The summed E-state index contributed by atoms with van der Waals surface area (Å²) in [4.78, 5) is 2.52. The minimum Gasteiger partial charge on any atom is -0.380 e. The van der Waals surface area contributed by atoms with Crippen LogP contribution in [-0.4, -0.2) is 36.2 Å². The molecule has 0 spiro atoms. The van der Waals surface area contributed by atoms with Gasteiger partial charge in [-0.15, -0.1) is 0 Å². The Bertz CT molecular complexity index is 150. The van der Waals surface area contributed by atoms with E-state index < -0.39 is 0 Å². The van der Waals surface area contributed by atoms with Crippen LogP contribution in [0.4, 0.5) is 0 Å². The third-order valence-corrected chi connectivity index (χ3v) is 2.85. The molecule has 0 N–H and O–H groups in total. The van der Waals surface area contributed by atoms with Crippen molar-refractivity contribution in [2.24, 2.45) is 0 Å².